The van der Waals surface area contributed by atoms with E-state index in [4.69, 9.17) is 4.74 Å². The fourth-order valence-corrected chi connectivity index (χ4v) is 3.55. The van der Waals surface area contributed by atoms with E-state index in [0.717, 1.165) is 18.8 Å². The summed E-state index contributed by atoms with van der Waals surface area (Å²) in [6, 6.07) is 11.9. The second-order valence-electron chi connectivity index (χ2n) is 7.01. The summed E-state index contributed by atoms with van der Waals surface area (Å²) in [5.41, 5.74) is 1.79. The Balaban J connectivity index is 1.75. The lowest BCUT2D eigenvalue weighted by Gasteiger charge is -2.28. The molecule has 1 atom stereocenters. The van der Waals surface area contributed by atoms with Gasteiger partial charge in [-0.3, -0.25) is 9.69 Å². The third-order valence-electron chi connectivity index (χ3n) is 4.99. The zero-order chi connectivity index (χ0) is 19.2. The first-order chi connectivity index (χ1) is 13.1. The first-order valence-corrected chi connectivity index (χ1v) is 9.38. The molecule has 1 amide bonds. The van der Waals surface area contributed by atoms with Gasteiger partial charge in [0, 0.05) is 26.8 Å². The third-order valence-corrected chi connectivity index (χ3v) is 4.99. The Morgan fingerprint density at radius 2 is 1.93 bits per heavy atom. The summed E-state index contributed by atoms with van der Waals surface area (Å²) in [5.74, 6) is 1.43. The van der Waals surface area contributed by atoms with Crippen LogP contribution in [0.4, 0.5) is 5.82 Å². The van der Waals surface area contributed by atoms with Gasteiger partial charge in [0.05, 0.1) is 18.7 Å². The average Bonchev–Trinajstić information content (AvgIpc) is 3.23. The molecule has 2 heterocycles. The Morgan fingerprint density at radius 3 is 2.56 bits per heavy atom. The second-order valence-corrected chi connectivity index (χ2v) is 7.01. The number of likely N-dealkylation sites (tertiary alicyclic amines) is 1. The highest BCUT2D eigenvalue weighted by Crippen LogP contribution is 2.26. The number of nitrogens with zero attached hydrogens (tertiary/aromatic N) is 3. The molecule has 1 aliphatic rings. The van der Waals surface area contributed by atoms with E-state index in [1.54, 1.807) is 19.4 Å². The predicted octanol–water partition coefficient (Wildman–Crippen LogP) is 2.72. The standard InChI is InChI=1S/C21H28N4O2/c1-24(2)20-18(7-6-12-22-20)21(26)23-15-19(25-13-4-5-14-25)16-8-10-17(27-3)11-9-16/h6-12,19H,4-5,13-15H2,1-3H3,(H,23,26). The molecule has 0 spiro atoms. The number of hydrogen-bond donors (Lipinski definition) is 1. The largest absolute Gasteiger partial charge is 0.497 e. The molecule has 27 heavy (non-hydrogen) atoms. The van der Waals surface area contributed by atoms with E-state index in [9.17, 15) is 4.79 Å². The van der Waals surface area contributed by atoms with Crippen LogP contribution in [0, 0.1) is 0 Å². The molecule has 0 radical (unpaired) electrons. The summed E-state index contributed by atoms with van der Waals surface area (Å²) in [6.07, 6.45) is 4.11. The monoisotopic (exact) mass is 368 g/mol. The lowest BCUT2D eigenvalue weighted by molar-refractivity contribution is 0.0938. The van der Waals surface area contributed by atoms with Crippen molar-refractivity contribution >= 4 is 11.7 Å². The van der Waals surface area contributed by atoms with Gasteiger partial charge in [-0.15, -0.1) is 0 Å². The van der Waals surface area contributed by atoms with E-state index in [0.29, 0.717) is 17.9 Å². The summed E-state index contributed by atoms with van der Waals surface area (Å²) in [5, 5.41) is 3.12. The molecule has 1 saturated heterocycles. The van der Waals surface area contributed by atoms with Crippen LogP contribution in [0.15, 0.2) is 42.6 Å². The maximum absolute atomic E-state index is 12.8. The van der Waals surface area contributed by atoms with Crippen LogP contribution in [0.25, 0.3) is 0 Å². The van der Waals surface area contributed by atoms with Crippen molar-refractivity contribution < 1.29 is 9.53 Å². The van der Waals surface area contributed by atoms with Crippen molar-refractivity contribution in [3.05, 3.63) is 53.7 Å². The quantitative estimate of drug-likeness (QED) is 0.814. The zero-order valence-electron chi connectivity index (χ0n) is 16.3. The van der Waals surface area contributed by atoms with Crippen molar-refractivity contribution in [3.8, 4) is 5.75 Å². The van der Waals surface area contributed by atoms with Gasteiger partial charge in [0.15, 0.2) is 0 Å². The van der Waals surface area contributed by atoms with E-state index in [2.05, 4.69) is 27.3 Å². The average molecular weight is 368 g/mol. The fraction of sp³-hybridized carbons (Fsp3) is 0.429. The molecule has 6 nitrogen and oxygen atoms in total. The first-order valence-electron chi connectivity index (χ1n) is 9.38. The van der Waals surface area contributed by atoms with Gasteiger partial charge in [-0.05, 0) is 55.8 Å². The number of carbonyl (C=O) groups excluding carboxylic acids is 1. The maximum atomic E-state index is 12.8. The van der Waals surface area contributed by atoms with Crippen LogP contribution in [0.3, 0.4) is 0 Å². The number of hydrogen-bond acceptors (Lipinski definition) is 5. The molecule has 1 aliphatic heterocycles. The molecular weight excluding hydrogens is 340 g/mol. The van der Waals surface area contributed by atoms with E-state index in [1.807, 2.05) is 37.2 Å². The molecule has 1 unspecified atom stereocenters. The molecule has 2 aromatic rings. The van der Waals surface area contributed by atoms with Gasteiger partial charge in [-0.2, -0.15) is 0 Å². The molecule has 0 aliphatic carbocycles. The molecule has 1 fully saturated rings. The van der Waals surface area contributed by atoms with Gasteiger partial charge in [0.25, 0.3) is 5.91 Å². The van der Waals surface area contributed by atoms with Crippen LogP contribution < -0.4 is 15.0 Å². The summed E-state index contributed by atoms with van der Waals surface area (Å²) in [7, 11) is 5.45. The number of anilines is 1. The Bertz CT molecular complexity index is 755. The molecule has 3 rings (SSSR count). The van der Waals surface area contributed by atoms with Crippen molar-refractivity contribution in [1.29, 1.82) is 0 Å². The number of amides is 1. The minimum atomic E-state index is -0.0930. The Kier molecular flexibility index (Phi) is 6.29. The van der Waals surface area contributed by atoms with Crippen molar-refractivity contribution in [3.63, 3.8) is 0 Å². The number of ether oxygens (including phenoxy) is 1. The Morgan fingerprint density at radius 1 is 1.22 bits per heavy atom. The number of pyridine rings is 1. The van der Waals surface area contributed by atoms with Crippen molar-refractivity contribution in [2.24, 2.45) is 0 Å². The fourth-order valence-electron chi connectivity index (χ4n) is 3.55. The number of aromatic nitrogens is 1. The number of benzene rings is 1. The Labute approximate surface area is 161 Å². The normalized spacial score (nSPS) is 15.4. The van der Waals surface area contributed by atoms with Gasteiger partial charge in [0.2, 0.25) is 0 Å². The van der Waals surface area contributed by atoms with E-state index in [1.165, 1.54) is 18.4 Å². The molecular formula is C21H28N4O2. The predicted molar refractivity (Wildman–Crippen MR) is 107 cm³/mol. The van der Waals surface area contributed by atoms with Crippen LogP contribution in [-0.4, -0.2) is 56.6 Å². The number of methoxy groups -OCH3 is 1. The van der Waals surface area contributed by atoms with Crippen LogP contribution in [0.2, 0.25) is 0 Å². The third kappa shape index (κ3) is 4.57. The van der Waals surface area contributed by atoms with E-state index in [-0.39, 0.29) is 11.9 Å². The molecule has 1 N–H and O–H groups in total. The topological polar surface area (TPSA) is 57.7 Å². The molecule has 1 aromatic carbocycles. The molecule has 6 heteroatoms. The van der Waals surface area contributed by atoms with Gasteiger partial charge in [0.1, 0.15) is 11.6 Å². The molecule has 0 saturated carbocycles. The maximum Gasteiger partial charge on any atom is 0.255 e. The van der Waals surface area contributed by atoms with E-state index < -0.39 is 0 Å². The summed E-state index contributed by atoms with van der Waals surface area (Å²) in [4.78, 5) is 21.4. The summed E-state index contributed by atoms with van der Waals surface area (Å²) in [6.45, 7) is 2.68. The van der Waals surface area contributed by atoms with Crippen LogP contribution >= 0.6 is 0 Å². The van der Waals surface area contributed by atoms with Gasteiger partial charge in [-0.25, -0.2) is 4.98 Å². The summed E-state index contributed by atoms with van der Waals surface area (Å²) < 4.78 is 5.27. The number of rotatable bonds is 7. The highest BCUT2D eigenvalue weighted by molar-refractivity contribution is 5.98. The van der Waals surface area contributed by atoms with Crippen molar-refractivity contribution in [2.45, 2.75) is 18.9 Å². The Hall–Kier alpha value is -2.60. The number of nitrogens with one attached hydrogen (secondary N) is 1. The van der Waals surface area contributed by atoms with Crippen LogP contribution in [0.1, 0.15) is 34.8 Å². The molecule has 1 aromatic heterocycles. The second kappa shape index (κ2) is 8.86. The lowest BCUT2D eigenvalue weighted by atomic mass is 10.0. The van der Waals surface area contributed by atoms with E-state index >= 15 is 0 Å². The van der Waals surface area contributed by atoms with Crippen LogP contribution in [0.5, 0.6) is 5.75 Å². The smallest absolute Gasteiger partial charge is 0.255 e. The number of carbonyl (C=O) groups is 1. The van der Waals surface area contributed by atoms with Crippen molar-refractivity contribution in [1.82, 2.24) is 15.2 Å². The lowest BCUT2D eigenvalue weighted by Crippen LogP contribution is -2.37. The van der Waals surface area contributed by atoms with Crippen molar-refractivity contribution in [2.75, 3.05) is 45.7 Å². The van der Waals surface area contributed by atoms with Crippen LogP contribution in [-0.2, 0) is 0 Å². The van der Waals surface area contributed by atoms with Gasteiger partial charge >= 0.3 is 0 Å². The zero-order valence-corrected chi connectivity index (χ0v) is 16.3. The molecule has 0 bridgehead atoms. The highest BCUT2D eigenvalue weighted by atomic mass is 16.5. The first kappa shape index (κ1) is 19.2. The minimum Gasteiger partial charge on any atom is -0.497 e. The van der Waals surface area contributed by atoms with Gasteiger partial charge < -0.3 is 15.0 Å². The minimum absolute atomic E-state index is 0.0930. The highest BCUT2D eigenvalue weighted by Gasteiger charge is 2.24. The SMILES string of the molecule is COc1ccc(C(CNC(=O)c2cccnc2N(C)C)N2CCCC2)cc1. The van der Waals surface area contributed by atoms with Gasteiger partial charge in [-0.1, -0.05) is 12.1 Å². The summed E-state index contributed by atoms with van der Waals surface area (Å²) >= 11 is 0. The molecule has 144 valence electrons.